The van der Waals surface area contributed by atoms with E-state index < -0.39 is 51.0 Å². The van der Waals surface area contributed by atoms with Crippen LogP contribution in [0.2, 0.25) is 0 Å². The number of carbonyl (C=O) groups excluding carboxylic acids is 2. The summed E-state index contributed by atoms with van der Waals surface area (Å²) in [5.41, 5.74) is 0.788. The van der Waals surface area contributed by atoms with E-state index in [9.17, 15) is 23.7 Å². The molecule has 1 aromatic rings. The van der Waals surface area contributed by atoms with E-state index in [4.69, 9.17) is 4.74 Å². The molecular formula is C16H18N2O6S. The second-order valence-corrected chi connectivity index (χ2v) is 8.59. The lowest BCUT2D eigenvalue weighted by Crippen LogP contribution is -2.71. The molecule has 2 fully saturated rings. The molecule has 0 spiro atoms. The fraction of sp³-hybridized carbons (Fsp3) is 0.438. The highest BCUT2D eigenvalue weighted by molar-refractivity contribution is 7.87. The summed E-state index contributed by atoms with van der Waals surface area (Å²) >= 11 is 0. The number of rotatable bonds is 4. The topological polar surface area (TPSA) is 113 Å². The maximum atomic E-state index is 12.6. The Morgan fingerprint density at radius 1 is 1.32 bits per heavy atom. The molecule has 8 nitrogen and oxygen atoms in total. The van der Waals surface area contributed by atoms with Crippen LogP contribution in [0.3, 0.4) is 0 Å². The first-order chi connectivity index (χ1) is 11.7. The molecule has 2 heterocycles. The van der Waals surface area contributed by atoms with Crippen LogP contribution in [-0.4, -0.2) is 54.4 Å². The summed E-state index contributed by atoms with van der Waals surface area (Å²) in [4.78, 5) is 36.7. The van der Waals surface area contributed by atoms with Crippen LogP contribution < -0.4 is 5.32 Å². The lowest BCUT2D eigenvalue weighted by Gasteiger charge is -2.42. The average Bonchev–Trinajstić information content (AvgIpc) is 2.76. The van der Waals surface area contributed by atoms with Gasteiger partial charge in [0.1, 0.15) is 24.1 Å². The molecule has 0 bridgehead atoms. The molecule has 2 aliphatic heterocycles. The maximum Gasteiger partial charge on any atom is 0.408 e. The number of carboxylic acids is 1. The molecule has 2 aliphatic rings. The van der Waals surface area contributed by atoms with Gasteiger partial charge in [0, 0.05) is 0 Å². The zero-order valence-electron chi connectivity index (χ0n) is 13.7. The third-order valence-corrected chi connectivity index (χ3v) is 6.67. The fourth-order valence-corrected chi connectivity index (χ4v) is 5.11. The van der Waals surface area contributed by atoms with Gasteiger partial charge in [-0.25, -0.2) is 9.59 Å². The quantitative estimate of drug-likeness (QED) is 0.748. The van der Waals surface area contributed by atoms with Crippen LogP contribution in [0.5, 0.6) is 0 Å². The number of hydrogen-bond donors (Lipinski definition) is 2. The number of β-lactam (4-membered cyclic amide) rings is 1. The first-order valence-electron chi connectivity index (χ1n) is 7.68. The van der Waals surface area contributed by atoms with E-state index >= 15 is 0 Å². The van der Waals surface area contributed by atoms with E-state index in [0.29, 0.717) is 0 Å². The number of nitrogens with zero attached hydrogens (tertiary/aromatic N) is 1. The molecule has 9 heteroatoms. The van der Waals surface area contributed by atoms with Crippen molar-refractivity contribution in [2.75, 3.05) is 0 Å². The molecule has 2 amide bonds. The number of ether oxygens (including phenoxy) is 1. The summed E-state index contributed by atoms with van der Waals surface area (Å²) < 4.78 is 16.5. The summed E-state index contributed by atoms with van der Waals surface area (Å²) in [5.74, 6) is -1.77. The van der Waals surface area contributed by atoms with Crippen molar-refractivity contribution in [1.29, 1.82) is 0 Å². The van der Waals surface area contributed by atoms with Crippen molar-refractivity contribution in [3.05, 3.63) is 35.9 Å². The number of aliphatic carboxylic acids is 1. The second-order valence-electron chi connectivity index (χ2n) is 6.46. The van der Waals surface area contributed by atoms with Crippen LogP contribution >= 0.6 is 0 Å². The first-order valence-corrected chi connectivity index (χ1v) is 8.89. The molecule has 0 radical (unpaired) electrons. The van der Waals surface area contributed by atoms with E-state index in [1.807, 2.05) is 6.07 Å². The van der Waals surface area contributed by atoms with Crippen LogP contribution in [0.4, 0.5) is 4.79 Å². The van der Waals surface area contributed by atoms with Crippen molar-refractivity contribution >= 4 is 28.8 Å². The zero-order chi connectivity index (χ0) is 18.4. The highest BCUT2D eigenvalue weighted by Gasteiger charge is 2.68. The smallest absolute Gasteiger partial charge is 0.408 e. The monoisotopic (exact) mass is 366 g/mol. The van der Waals surface area contributed by atoms with Gasteiger partial charge >= 0.3 is 12.1 Å². The Kier molecular flexibility index (Phi) is 4.28. The molecule has 2 saturated heterocycles. The van der Waals surface area contributed by atoms with Crippen molar-refractivity contribution in [2.45, 2.75) is 42.7 Å². The molecule has 0 saturated carbocycles. The molecule has 25 heavy (non-hydrogen) atoms. The van der Waals surface area contributed by atoms with Gasteiger partial charge in [-0.15, -0.1) is 0 Å². The van der Waals surface area contributed by atoms with Crippen LogP contribution in [-0.2, 0) is 31.7 Å². The minimum atomic E-state index is -1.62. The molecule has 2 N–H and O–H groups in total. The summed E-state index contributed by atoms with van der Waals surface area (Å²) in [5, 5.41) is 10.9. The van der Waals surface area contributed by atoms with E-state index in [0.717, 1.165) is 10.5 Å². The Bertz CT molecular complexity index is 750. The van der Waals surface area contributed by atoms with Gasteiger partial charge in [-0.05, 0) is 19.4 Å². The van der Waals surface area contributed by atoms with E-state index in [1.165, 1.54) is 13.8 Å². The van der Waals surface area contributed by atoms with Gasteiger partial charge in [0.05, 0.1) is 15.5 Å². The van der Waals surface area contributed by atoms with Crippen LogP contribution in [0, 0.1) is 0 Å². The SMILES string of the molecule is CC1(C)[C@H](C(=O)O)N2C(=O)C(NC(=O)OCc3ccccc3)[C@H]2S1=O. The van der Waals surface area contributed by atoms with E-state index in [-0.39, 0.29) is 6.61 Å². The van der Waals surface area contributed by atoms with Gasteiger partial charge in [-0.3, -0.25) is 9.00 Å². The van der Waals surface area contributed by atoms with Crippen LogP contribution in [0.1, 0.15) is 19.4 Å². The third kappa shape index (κ3) is 2.78. The molecule has 1 aromatic carbocycles. The third-order valence-electron chi connectivity index (χ3n) is 4.47. The average molecular weight is 366 g/mol. The molecule has 3 rings (SSSR count). The Labute approximate surface area is 146 Å². The molecule has 134 valence electrons. The Balaban J connectivity index is 1.65. The predicted octanol–water partition coefficient (Wildman–Crippen LogP) is 0.444. The Morgan fingerprint density at radius 3 is 2.56 bits per heavy atom. The second kappa shape index (κ2) is 6.14. The minimum absolute atomic E-state index is 0.0360. The number of amides is 2. The molecule has 0 aromatic heterocycles. The van der Waals surface area contributed by atoms with Crippen molar-refractivity contribution in [2.24, 2.45) is 0 Å². The zero-order valence-corrected chi connectivity index (χ0v) is 14.5. The van der Waals surface area contributed by atoms with Gasteiger partial charge in [-0.2, -0.15) is 0 Å². The molecule has 0 aliphatic carbocycles. The molecule has 2 unspecified atom stereocenters. The summed E-state index contributed by atoms with van der Waals surface area (Å²) in [6.45, 7) is 3.12. The standard InChI is InChI=1S/C16H18N2O6S/c1-16(2)11(14(20)21)18-12(19)10(13(18)25(16)23)17-15(22)24-8-9-6-4-3-5-7-9/h3-7,10-11,13H,8H2,1-2H3,(H,17,22)(H,20,21)/t10?,11-,13+,25?/m0/s1. The number of carbonyl (C=O) groups is 3. The number of nitrogens with one attached hydrogen (secondary N) is 1. The van der Waals surface area contributed by atoms with Crippen LogP contribution in [0.15, 0.2) is 30.3 Å². The lowest BCUT2D eigenvalue weighted by molar-refractivity contribution is -0.160. The van der Waals surface area contributed by atoms with Gasteiger partial charge in [-0.1, -0.05) is 30.3 Å². The van der Waals surface area contributed by atoms with E-state index in [2.05, 4.69) is 5.32 Å². The fourth-order valence-electron chi connectivity index (χ4n) is 3.18. The van der Waals surface area contributed by atoms with Crippen LogP contribution in [0.25, 0.3) is 0 Å². The van der Waals surface area contributed by atoms with Crippen molar-refractivity contribution in [1.82, 2.24) is 10.2 Å². The largest absolute Gasteiger partial charge is 0.480 e. The molecular weight excluding hydrogens is 348 g/mol. The van der Waals surface area contributed by atoms with Gasteiger partial charge in [0.15, 0.2) is 0 Å². The van der Waals surface area contributed by atoms with Crippen molar-refractivity contribution < 1.29 is 28.4 Å². The number of benzene rings is 1. The normalized spacial score (nSPS) is 29.5. The predicted molar refractivity (Wildman–Crippen MR) is 87.8 cm³/mol. The highest BCUT2D eigenvalue weighted by Crippen LogP contribution is 2.43. The maximum absolute atomic E-state index is 12.6. The van der Waals surface area contributed by atoms with Gasteiger partial charge < -0.3 is 20.1 Å². The number of carboxylic acid groups (broad SMARTS) is 1. The summed E-state index contributed by atoms with van der Waals surface area (Å²) in [6, 6.07) is 6.81. The number of hydrogen-bond acceptors (Lipinski definition) is 5. The lowest BCUT2D eigenvalue weighted by atomic mass is 9.96. The van der Waals surface area contributed by atoms with Gasteiger partial charge in [0.25, 0.3) is 0 Å². The highest BCUT2D eigenvalue weighted by atomic mass is 32.2. The van der Waals surface area contributed by atoms with Crippen molar-refractivity contribution in [3.63, 3.8) is 0 Å². The first kappa shape index (κ1) is 17.4. The van der Waals surface area contributed by atoms with Gasteiger partial charge in [0.2, 0.25) is 5.91 Å². The Hall–Kier alpha value is -2.42. The van der Waals surface area contributed by atoms with Crippen molar-refractivity contribution in [3.8, 4) is 0 Å². The van der Waals surface area contributed by atoms with E-state index in [1.54, 1.807) is 24.3 Å². The molecule has 4 atom stereocenters. The number of fused-ring (bicyclic) bond motifs is 1. The summed E-state index contributed by atoms with van der Waals surface area (Å²) in [6.07, 6.45) is -0.810. The minimum Gasteiger partial charge on any atom is -0.480 e. The Morgan fingerprint density at radius 2 is 1.96 bits per heavy atom. The number of alkyl carbamates (subject to hydrolysis) is 1. The summed E-state index contributed by atoms with van der Waals surface area (Å²) in [7, 11) is -1.62.